The van der Waals surface area contributed by atoms with Gasteiger partial charge < -0.3 is 5.32 Å². The first kappa shape index (κ1) is 15.7. The second-order valence-electron chi connectivity index (χ2n) is 4.50. The summed E-state index contributed by atoms with van der Waals surface area (Å²) in [5, 5.41) is 3.15. The Hall–Kier alpha value is -1.65. The summed E-state index contributed by atoms with van der Waals surface area (Å²) in [4.78, 5) is 23.7. The monoisotopic (exact) mass is 365 g/mol. The van der Waals surface area contributed by atoms with Crippen LogP contribution in [0, 0.1) is 0 Å². The normalized spacial score (nSPS) is 10.2. The Bertz CT molecular complexity index is 659. The van der Waals surface area contributed by atoms with Gasteiger partial charge in [-0.3, -0.25) is 9.59 Å². The van der Waals surface area contributed by atoms with Crippen LogP contribution in [-0.2, 0) is 11.2 Å². The lowest BCUT2D eigenvalue weighted by Gasteiger charge is -2.06. The molecule has 2 aromatic carbocycles. The van der Waals surface area contributed by atoms with E-state index in [9.17, 15) is 9.59 Å². The molecule has 108 valence electrons. The molecular weight excluding hydrogens is 354 g/mol. The summed E-state index contributed by atoms with van der Waals surface area (Å²) in [5.41, 5.74) is 1.27. The maximum Gasteiger partial charge on any atom is 0.251 e. The van der Waals surface area contributed by atoms with E-state index in [2.05, 4.69) is 21.2 Å². The Labute approximate surface area is 136 Å². The van der Waals surface area contributed by atoms with Crippen molar-refractivity contribution in [3.05, 3.63) is 69.2 Å². The summed E-state index contributed by atoms with van der Waals surface area (Å²) >= 11 is 9.38. The van der Waals surface area contributed by atoms with E-state index in [4.69, 9.17) is 11.6 Å². The highest BCUT2D eigenvalue weighted by Crippen LogP contribution is 2.21. The quantitative estimate of drug-likeness (QED) is 0.878. The van der Waals surface area contributed by atoms with E-state index in [0.717, 1.165) is 10.0 Å². The maximum absolute atomic E-state index is 11.9. The Morgan fingerprint density at radius 2 is 1.81 bits per heavy atom. The minimum Gasteiger partial charge on any atom is -0.345 e. The van der Waals surface area contributed by atoms with Crippen molar-refractivity contribution < 1.29 is 9.59 Å². The van der Waals surface area contributed by atoms with Crippen molar-refractivity contribution >= 4 is 39.2 Å². The predicted molar refractivity (Wildman–Crippen MR) is 86.6 cm³/mol. The van der Waals surface area contributed by atoms with E-state index in [0.29, 0.717) is 10.6 Å². The maximum atomic E-state index is 11.9. The molecule has 0 spiro atoms. The molecule has 0 unspecified atom stereocenters. The van der Waals surface area contributed by atoms with Crippen LogP contribution < -0.4 is 5.32 Å². The lowest BCUT2D eigenvalue weighted by Crippen LogP contribution is -2.30. The number of ketones is 1. The third-order valence-corrected chi connectivity index (χ3v) is 3.74. The van der Waals surface area contributed by atoms with Crippen LogP contribution in [0.15, 0.2) is 53.0 Å². The van der Waals surface area contributed by atoms with E-state index in [1.54, 1.807) is 36.4 Å². The van der Waals surface area contributed by atoms with Crippen LogP contribution in [0.5, 0.6) is 0 Å². The fourth-order valence-electron chi connectivity index (χ4n) is 1.82. The number of hydrogen-bond donors (Lipinski definition) is 1. The molecule has 0 bridgehead atoms. The minimum absolute atomic E-state index is 0.0173. The zero-order valence-electron chi connectivity index (χ0n) is 11.1. The predicted octanol–water partition coefficient (Wildman–Crippen LogP) is 3.64. The molecule has 0 aliphatic heterocycles. The zero-order valence-corrected chi connectivity index (χ0v) is 13.4. The van der Waals surface area contributed by atoms with Gasteiger partial charge in [-0.25, -0.2) is 0 Å². The van der Waals surface area contributed by atoms with Crippen molar-refractivity contribution in [3.8, 4) is 0 Å². The van der Waals surface area contributed by atoms with Gasteiger partial charge in [-0.15, -0.1) is 0 Å². The van der Waals surface area contributed by atoms with E-state index in [-0.39, 0.29) is 24.7 Å². The molecule has 1 N–H and O–H groups in total. The van der Waals surface area contributed by atoms with Crippen LogP contribution in [0.2, 0.25) is 5.02 Å². The minimum atomic E-state index is -0.260. The van der Waals surface area contributed by atoms with Crippen molar-refractivity contribution in [1.29, 1.82) is 0 Å². The van der Waals surface area contributed by atoms with Crippen LogP contribution in [-0.4, -0.2) is 18.2 Å². The molecule has 0 fully saturated rings. The van der Waals surface area contributed by atoms with Crippen LogP contribution in [0.3, 0.4) is 0 Å². The van der Waals surface area contributed by atoms with E-state index >= 15 is 0 Å². The lowest BCUT2D eigenvalue weighted by atomic mass is 10.1. The second kappa shape index (κ2) is 7.38. The van der Waals surface area contributed by atoms with Crippen molar-refractivity contribution in [2.45, 2.75) is 6.42 Å². The van der Waals surface area contributed by atoms with Gasteiger partial charge in [0.05, 0.1) is 6.54 Å². The zero-order chi connectivity index (χ0) is 15.2. The third-order valence-electron chi connectivity index (χ3n) is 2.88. The first-order valence-electron chi connectivity index (χ1n) is 6.35. The summed E-state index contributed by atoms with van der Waals surface area (Å²) in [6, 6.07) is 14.1. The number of halogens is 2. The highest BCUT2D eigenvalue weighted by atomic mass is 79.9. The van der Waals surface area contributed by atoms with Crippen molar-refractivity contribution in [2.75, 3.05) is 6.54 Å². The number of Topliss-reactive ketones (excluding diaryl/α,β-unsaturated/α-hetero) is 1. The van der Waals surface area contributed by atoms with E-state index in [1.165, 1.54) is 0 Å². The Morgan fingerprint density at radius 3 is 2.52 bits per heavy atom. The Morgan fingerprint density at radius 1 is 1.10 bits per heavy atom. The van der Waals surface area contributed by atoms with Gasteiger partial charge in [-0.1, -0.05) is 45.7 Å². The summed E-state index contributed by atoms with van der Waals surface area (Å²) in [6.07, 6.45) is 0.188. The summed E-state index contributed by atoms with van der Waals surface area (Å²) in [6.45, 7) is -0.0173. The summed E-state index contributed by atoms with van der Waals surface area (Å²) in [7, 11) is 0. The molecule has 0 saturated carbocycles. The van der Waals surface area contributed by atoms with Crippen LogP contribution in [0.1, 0.15) is 15.9 Å². The van der Waals surface area contributed by atoms with Gasteiger partial charge in [0.1, 0.15) is 0 Å². The molecule has 0 radical (unpaired) electrons. The molecule has 2 aromatic rings. The van der Waals surface area contributed by atoms with Gasteiger partial charge in [-0.2, -0.15) is 0 Å². The first-order chi connectivity index (χ1) is 10.1. The molecule has 0 heterocycles. The average molecular weight is 367 g/mol. The van der Waals surface area contributed by atoms with Crippen LogP contribution in [0.25, 0.3) is 0 Å². The molecule has 1 amide bonds. The molecule has 5 heteroatoms. The van der Waals surface area contributed by atoms with Gasteiger partial charge in [-0.05, 0) is 35.9 Å². The van der Waals surface area contributed by atoms with Gasteiger partial charge >= 0.3 is 0 Å². The molecule has 0 aromatic heterocycles. The van der Waals surface area contributed by atoms with Crippen molar-refractivity contribution in [3.63, 3.8) is 0 Å². The van der Waals surface area contributed by atoms with Crippen molar-refractivity contribution in [2.24, 2.45) is 0 Å². The number of rotatable bonds is 5. The standard InChI is InChI=1S/C16H13BrClNO2/c17-13-6-7-15(18)12(8-13)9-14(20)10-19-16(21)11-4-2-1-3-5-11/h1-8H,9-10H2,(H,19,21). The number of carbonyl (C=O) groups excluding carboxylic acids is 2. The van der Waals surface area contributed by atoms with Crippen LogP contribution in [0.4, 0.5) is 0 Å². The molecule has 0 aliphatic rings. The fourth-order valence-corrected chi connectivity index (χ4v) is 2.42. The molecule has 0 aliphatic carbocycles. The van der Waals surface area contributed by atoms with E-state index < -0.39 is 0 Å². The number of carbonyl (C=O) groups is 2. The fraction of sp³-hybridized carbons (Fsp3) is 0.125. The molecule has 3 nitrogen and oxygen atoms in total. The summed E-state index contributed by atoms with van der Waals surface area (Å²) in [5.74, 6) is -0.358. The molecule has 0 atom stereocenters. The highest BCUT2D eigenvalue weighted by molar-refractivity contribution is 9.10. The molecule has 21 heavy (non-hydrogen) atoms. The lowest BCUT2D eigenvalue weighted by molar-refractivity contribution is -0.117. The molecule has 2 rings (SSSR count). The Kier molecular flexibility index (Phi) is 5.53. The van der Waals surface area contributed by atoms with Gasteiger partial charge in [0, 0.05) is 21.5 Å². The SMILES string of the molecule is O=C(CNC(=O)c1ccccc1)Cc1cc(Br)ccc1Cl. The largest absolute Gasteiger partial charge is 0.345 e. The van der Waals surface area contributed by atoms with E-state index in [1.807, 2.05) is 12.1 Å². The number of amides is 1. The number of benzene rings is 2. The van der Waals surface area contributed by atoms with Gasteiger partial charge in [0.25, 0.3) is 5.91 Å². The molecule has 0 saturated heterocycles. The topological polar surface area (TPSA) is 46.2 Å². The number of hydrogen-bond acceptors (Lipinski definition) is 2. The number of nitrogens with one attached hydrogen (secondary N) is 1. The summed E-state index contributed by atoms with van der Waals surface area (Å²) < 4.78 is 0.864. The second-order valence-corrected chi connectivity index (χ2v) is 5.82. The average Bonchev–Trinajstić information content (AvgIpc) is 2.49. The van der Waals surface area contributed by atoms with Gasteiger partial charge in [0.15, 0.2) is 5.78 Å². The third kappa shape index (κ3) is 4.69. The first-order valence-corrected chi connectivity index (χ1v) is 7.52. The highest BCUT2D eigenvalue weighted by Gasteiger charge is 2.10. The van der Waals surface area contributed by atoms with Crippen LogP contribution >= 0.6 is 27.5 Å². The van der Waals surface area contributed by atoms with Crippen molar-refractivity contribution in [1.82, 2.24) is 5.32 Å². The Balaban J connectivity index is 1.91. The smallest absolute Gasteiger partial charge is 0.251 e. The van der Waals surface area contributed by atoms with Gasteiger partial charge in [0.2, 0.25) is 0 Å². The molecular formula is C16H13BrClNO2.